The number of nitrogens with one attached hydrogen (secondary N) is 2. The van der Waals surface area contributed by atoms with Crippen molar-refractivity contribution >= 4 is 22.6 Å². The number of aromatic nitrogens is 3. The van der Waals surface area contributed by atoms with Crippen molar-refractivity contribution in [3.8, 4) is 0 Å². The van der Waals surface area contributed by atoms with E-state index in [0.717, 1.165) is 31.2 Å². The molecule has 1 saturated carbocycles. The molecule has 3 aromatic heterocycles. The van der Waals surface area contributed by atoms with Gasteiger partial charge in [0, 0.05) is 12.2 Å². The van der Waals surface area contributed by atoms with Crippen molar-refractivity contribution < 1.29 is 9.18 Å². The Morgan fingerprint density at radius 1 is 1.16 bits per heavy atom. The maximum absolute atomic E-state index is 13.4. The van der Waals surface area contributed by atoms with E-state index in [9.17, 15) is 14.0 Å². The zero-order chi connectivity index (χ0) is 22.2. The lowest BCUT2D eigenvalue weighted by atomic mass is 10.1. The molecule has 0 bridgehead atoms. The molecule has 3 heterocycles. The Morgan fingerprint density at radius 2 is 1.91 bits per heavy atom. The highest BCUT2D eigenvalue weighted by Crippen LogP contribution is 2.18. The van der Waals surface area contributed by atoms with Crippen LogP contribution in [0.5, 0.6) is 0 Å². The molecule has 7 nitrogen and oxygen atoms in total. The van der Waals surface area contributed by atoms with Crippen molar-refractivity contribution in [2.75, 3.05) is 0 Å². The number of hydrogen-bond acceptors (Lipinski definition) is 4. The minimum atomic E-state index is -0.366. The Hall–Kier alpha value is -3.81. The van der Waals surface area contributed by atoms with Crippen LogP contribution in [-0.2, 0) is 6.54 Å². The molecule has 162 valence electrons. The van der Waals surface area contributed by atoms with Crippen molar-refractivity contribution in [3.05, 3.63) is 87.5 Å². The second kappa shape index (κ2) is 8.03. The van der Waals surface area contributed by atoms with Gasteiger partial charge in [-0.15, -0.1) is 0 Å². The van der Waals surface area contributed by atoms with Gasteiger partial charge in [-0.3, -0.25) is 19.4 Å². The normalized spacial score (nSPS) is 14.3. The van der Waals surface area contributed by atoms with Gasteiger partial charge in [0.05, 0.1) is 17.5 Å². The lowest BCUT2D eigenvalue weighted by molar-refractivity contribution is 0.0935. The molecule has 0 unspecified atom stereocenters. The summed E-state index contributed by atoms with van der Waals surface area (Å²) >= 11 is 0. The average Bonchev–Trinajstić information content (AvgIpc) is 3.30. The highest BCUT2D eigenvalue weighted by atomic mass is 19.1. The number of fused-ring (bicyclic) bond motifs is 2. The maximum Gasteiger partial charge on any atom is 0.267 e. The summed E-state index contributed by atoms with van der Waals surface area (Å²) in [6.07, 6.45) is 5.59. The number of hydrogen-bond donors (Lipinski definition) is 2. The molecule has 0 aliphatic heterocycles. The van der Waals surface area contributed by atoms with Gasteiger partial charge in [-0.1, -0.05) is 31.0 Å². The molecule has 4 aromatic rings. The van der Waals surface area contributed by atoms with E-state index >= 15 is 0 Å². The van der Waals surface area contributed by atoms with Crippen molar-refractivity contribution in [2.24, 2.45) is 0 Å². The summed E-state index contributed by atoms with van der Waals surface area (Å²) < 4.78 is 16.4. The van der Waals surface area contributed by atoms with Crippen LogP contribution >= 0.6 is 0 Å². The predicted molar refractivity (Wildman–Crippen MR) is 118 cm³/mol. The lowest BCUT2D eigenvalue weighted by Gasteiger charge is -2.16. The van der Waals surface area contributed by atoms with Gasteiger partial charge < -0.3 is 9.88 Å². The van der Waals surface area contributed by atoms with E-state index in [4.69, 9.17) is 5.41 Å². The summed E-state index contributed by atoms with van der Waals surface area (Å²) in [6.45, 7) is 0.176. The number of carbonyl (C=O) groups excluding carboxylic acids is 1. The third kappa shape index (κ3) is 3.57. The second-order valence-corrected chi connectivity index (χ2v) is 8.16. The van der Waals surface area contributed by atoms with Crippen molar-refractivity contribution in [1.82, 2.24) is 19.3 Å². The fraction of sp³-hybridized carbons (Fsp3) is 0.250. The standard InChI is InChI=1S/C24H22FN5O2/c25-16-10-8-15(9-11-16)14-30-21(26)18(23(31)27-17-5-1-2-6-17)13-19-22(30)28-20-7-3-4-12-29(20)24(19)32/h3-4,7-13,17,26H,1-2,5-6,14H2,(H,27,31). The Kier molecular flexibility index (Phi) is 5.05. The molecule has 0 saturated heterocycles. The number of benzene rings is 1. The summed E-state index contributed by atoms with van der Waals surface area (Å²) in [6, 6.07) is 12.7. The van der Waals surface area contributed by atoms with Crippen LogP contribution in [0.1, 0.15) is 41.6 Å². The molecule has 1 aliphatic carbocycles. The first kappa shape index (κ1) is 20.1. The van der Waals surface area contributed by atoms with Crippen molar-refractivity contribution in [3.63, 3.8) is 0 Å². The minimum absolute atomic E-state index is 0.0375. The summed E-state index contributed by atoms with van der Waals surface area (Å²) in [4.78, 5) is 30.9. The van der Waals surface area contributed by atoms with Crippen molar-refractivity contribution in [1.29, 1.82) is 5.41 Å². The van der Waals surface area contributed by atoms with E-state index in [1.807, 2.05) is 0 Å². The largest absolute Gasteiger partial charge is 0.349 e. The highest BCUT2D eigenvalue weighted by Gasteiger charge is 2.22. The quantitative estimate of drug-likeness (QED) is 0.487. The molecule has 1 aromatic carbocycles. The minimum Gasteiger partial charge on any atom is -0.349 e. The van der Waals surface area contributed by atoms with Crippen LogP contribution in [0.15, 0.2) is 59.5 Å². The van der Waals surface area contributed by atoms with E-state index in [2.05, 4.69) is 10.3 Å². The first-order valence-corrected chi connectivity index (χ1v) is 10.7. The fourth-order valence-corrected chi connectivity index (χ4v) is 4.32. The van der Waals surface area contributed by atoms with E-state index in [1.165, 1.54) is 22.6 Å². The monoisotopic (exact) mass is 431 g/mol. The number of pyridine rings is 2. The summed E-state index contributed by atoms with van der Waals surface area (Å²) in [7, 11) is 0. The lowest BCUT2D eigenvalue weighted by Crippen LogP contribution is -2.38. The van der Waals surface area contributed by atoms with E-state index in [-0.39, 0.29) is 46.3 Å². The molecule has 5 rings (SSSR count). The third-order valence-electron chi connectivity index (χ3n) is 6.01. The molecular formula is C24H22FN5O2. The van der Waals surface area contributed by atoms with Gasteiger partial charge in [-0.2, -0.15) is 0 Å². The van der Waals surface area contributed by atoms with Gasteiger partial charge >= 0.3 is 0 Å². The molecule has 1 fully saturated rings. The van der Waals surface area contributed by atoms with Crippen LogP contribution in [0.3, 0.4) is 0 Å². The summed E-state index contributed by atoms with van der Waals surface area (Å²) in [5.41, 5.74) is 1.27. The van der Waals surface area contributed by atoms with E-state index in [0.29, 0.717) is 11.3 Å². The van der Waals surface area contributed by atoms with Crippen LogP contribution in [-0.4, -0.2) is 25.9 Å². The summed E-state index contributed by atoms with van der Waals surface area (Å²) in [5.74, 6) is -0.726. The van der Waals surface area contributed by atoms with Crippen LogP contribution in [0.4, 0.5) is 4.39 Å². The molecule has 1 amide bonds. The SMILES string of the molecule is N=c1c(C(=O)NC2CCCC2)cc2c(=O)n3ccccc3nc2n1Cc1ccc(F)cc1. The smallest absolute Gasteiger partial charge is 0.267 e. The third-order valence-corrected chi connectivity index (χ3v) is 6.01. The molecule has 8 heteroatoms. The maximum atomic E-state index is 13.4. The van der Waals surface area contributed by atoms with E-state index in [1.54, 1.807) is 41.1 Å². The van der Waals surface area contributed by atoms with Gasteiger partial charge in [-0.25, -0.2) is 9.37 Å². The molecule has 0 atom stereocenters. The van der Waals surface area contributed by atoms with E-state index < -0.39 is 0 Å². The zero-order valence-electron chi connectivity index (χ0n) is 17.3. The molecule has 32 heavy (non-hydrogen) atoms. The zero-order valence-corrected chi connectivity index (χ0v) is 17.3. The predicted octanol–water partition coefficient (Wildman–Crippen LogP) is 2.99. The Morgan fingerprint density at radius 3 is 2.66 bits per heavy atom. The first-order chi connectivity index (χ1) is 15.5. The number of amides is 1. The second-order valence-electron chi connectivity index (χ2n) is 8.16. The number of nitrogens with zero attached hydrogens (tertiary/aromatic N) is 3. The number of carbonyl (C=O) groups is 1. The van der Waals surface area contributed by atoms with Gasteiger partial charge in [0.1, 0.15) is 22.6 Å². The highest BCUT2D eigenvalue weighted by molar-refractivity contribution is 5.97. The number of rotatable bonds is 4. The molecule has 1 aliphatic rings. The van der Waals surface area contributed by atoms with Crippen LogP contribution in [0.25, 0.3) is 16.7 Å². The molecule has 0 spiro atoms. The summed E-state index contributed by atoms with van der Waals surface area (Å²) in [5, 5.41) is 12.0. The fourth-order valence-electron chi connectivity index (χ4n) is 4.32. The topological polar surface area (TPSA) is 92.2 Å². The Labute approximate surface area is 182 Å². The molecule has 2 N–H and O–H groups in total. The average molecular weight is 431 g/mol. The Balaban J connectivity index is 1.72. The molecule has 0 radical (unpaired) electrons. The van der Waals surface area contributed by atoms with Crippen LogP contribution < -0.4 is 16.4 Å². The van der Waals surface area contributed by atoms with Crippen molar-refractivity contribution in [2.45, 2.75) is 38.3 Å². The van der Waals surface area contributed by atoms with Gasteiger partial charge in [0.2, 0.25) is 0 Å². The van der Waals surface area contributed by atoms with Gasteiger partial charge in [0.25, 0.3) is 11.5 Å². The van der Waals surface area contributed by atoms with Gasteiger partial charge in [0.15, 0.2) is 0 Å². The van der Waals surface area contributed by atoms with Gasteiger partial charge in [-0.05, 0) is 48.7 Å². The van der Waals surface area contributed by atoms with Crippen LogP contribution in [0, 0.1) is 11.2 Å². The first-order valence-electron chi connectivity index (χ1n) is 10.7. The number of halogens is 1. The Bertz CT molecular complexity index is 1450. The van der Waals surface area contributed by atoms with Crippen LogP contribution in [0.2, 0.25) is 0 Å². The molecular weight excluding hydrogens is 409 g/mol.